The minimum Gasteiger partial charge on any atom is -0.466 e. The van der Waals surface area contributed by atoms with Gasteiger partial charge in [-0.25, -0.2) is 12.7 Å². The molecule has 1 amide bonds. The molecule has 1 saturated heterocycles. The van der Waals surface area contributed by atoms with Gasteiger partial charge < -0.3 is 14.5 Å². The summed E-state index contributed by atoms with van der Waals surface area (Å²) in [6, 6.07) is 1.35. The predicted molar refractivity (Wildman–Crippen MR) is 81.2 cm³/mol. The van der Waals surface area contributed by atoms with Crippen LogP contribution in [0.2, 0.25) is 0 Å². The summed E-state index contributed by atoms with van der Waals surface area (Å²) in [6.45, 7) is 4.13. The Kier molecular flexibility index (Phi) is 4.93. The lowest BCUT2D eigenvalue weighted by atomic mass is 10.1. The maximum Gasteiger partial charge on any atom is 0.255 e. The monoisotopic (exact) mass is 330 g/mol. The first-order chi connectivity index (χ1) is 10.2. The zero-order chi connectivity index (χ0) is 16.5. The van der Waals surface area contributed by atoms with Crippen molar-refractivity contribution >= 4 is 15.9 Å². The minimum absolute atomic E-state index is 0.0473. The number of hydrogen-bond acceptors (Lipinski definition) is 5. The fourth-order valence-electron chi connectivity index (χ4n) is 2.44. The average Bonchev–Trinajstić information content (AvgIpc) is 2.95. The summed E-state index contributed by atoms with van der Waals surface area (Å²) < 4.78 is 35.9. The molecule has 1 aromatic rings. The molecule has 1 aromatic heterocycles. The second-order valence-electron chi connectivity index (χ2n) is 5.77. The number of carbonyl (C=O) groups is 1. The number of rotatable bonds is 5. The van der Waals surface area contributed by atoms with Gasteiger partial charge in [-0.05, 0) is 19.9 Å². The molecule has 22 heavy (non-hydrogen) atoms. The molecule has 0 unspecified atom stereocenters. The first kappa shape index (κ1) is 17.0. The van der Waals surface area contributed by atoms with E-state index in [1.807, 2.05) is 0 Å². The van der Waals surface area contributed by atoms with E-state index in [0.717, 1.165) is 0 Å². The molecule has 1 aliphatic heterocycles. The number of carbonyl (C=O) groups excluding carboxylic acids is 1. The van der Waals surface area contributed by atoms with E-state index < -0.39 is 10.0 Å². The number of nitrogens with one attached hydrogen (secondary N) is 1. The maximum atomic E-state index is 12.3. The molecule has 1 N–H and O–H groups in total. The molecule has 0 aromatic carbocycles. The minimum atomic E-state index is -3.34. The topological polar surface area (TPSA) is 88.8 Å². The van der Waals surface area contributed by atoms with E-state index in [4.69, 9.17) is 9.15 Å². The van der Waals surface area contributed by atoms with Crippen molar-refractivity contribution in [3.05, 3.63) is 23.2 Å². The molecule has 0 aliphatic carbocycles. The van der Waals surface area contributed by atoms with Crippen LogP contribution in [0.15, 0.2) is 10.5 Å². The van der Waals surface area contributed by atoms with E-state index in [1.54, 1.807) is 19.9 Å². The molecule has 8 heteroatoms. The summed E-state index contributed by atoms with van der Waals surface area (Å²) in [5.41, 5.74) is 0.471. The van der Waals surface area contributed by atoms with Crippen LogP contribution in [0.4, 0.5) is 0 Å². The van der Waals surface area contributed by atoms with Crippen LogP contribution in [-0.2, 0) is 14.8 Å². The fourth-order valence-corrected chi connectivity index (χ4v) is 3.61. The molecule has 1 aliphatic rings. The SMILES string of the molecule is Cc1cc(C(=O)N[C@H]2COC[C@H]2CS(=O)(=O)N(C)C)c(C)o1. The van der Waals surface area contributed by atoms with Crippen molar-refractivity contribution in [1.29, 1.82) is 0 Å². The Morgan fingerprint density at radius 1 is 1.36 bits per heavy atom. The van der Waals surface area contributed by atoms with Crippen molar-refractivity contribution in [2.75, 3.05) is 33.1 Å². The van der Waals surface area contributed by atoms with Crippen molar-refractivity contribution in [1.82, 2.24) is 9.62 Å². The zero-order valence-corrected chi connectivity index (χ0v) is 14.1. The van der Waals surface area contributed by atoms with Gasteiger partial charge in [0.1, 0.15) is 11.5 Å². The molecular formula is C14H22N2O5S. The molecule has 2 heterocycles. The van der Waals surface area contributed by atoms with Crippen LogP contribution < -0.4 is 5.32 Å². The smallest absolute Gasteiger partial charge is 0.255 e. The van der Waals surface area contributed by atoms with Crippen molar-refractivity contribution in [2.24, 2.45) is 5.92 Å². The number of nitrogens with zero attached hydrogens (tertiary/aromatic N) is 1. The van der Waals surface area contributed by atoms with E-state index in [9.17, 15) is 13.2 Å². The van der Waals surface area contributed by atoms with Gasteiger partial charge >= 0.3 is 0 Å². The number of amides is 1. The summed E-state index contributed by atoms with van der Waals surface area (Å²) in [5, 5.41) is 2.85. The Morgan fingerprint density at radius 3 is 2.59 bits per heavy atom. The Labute approximate surface area is 130 Å². The summed E-state index contributed by atoms with van der Waals surface area (Å²) in [5.74, 6) is 0.638. The van der Waals surface area contributed by atoms with E-state index in [-0.39, 0.29) is 23.6 Å². The molecule has 2 rings (SSSR count). The average molecular weight is 330 g/mol. The van der Waals surface area contributed by atoms with E-state index in [1.165, 1.54) is 18.4 Å². The van der Waals surface area contributed by atoms with Crippen LogP contribution in [0.1, 0.15) is 21.9 Å². The molecule has 1 fully saturated rings. The molecule has 0 bridgehead atoms. The van der Waals surface area contributed by atoms with Gasteiger partial charge in [0.05, 0.1) is 30.6 Å². The van der Waals surface area contributed by atoms with Gasteiger partial charge in [0.15, 0.2) is 0 Å². The largest absolute Gasteiger partial charge is 0.466 e. The molecular weight excluding hydrogens is 308 g/mol. The van der Waals surface area contributed by atoms with Gasteiger partial charge in [0, 0.05) is 20.0 Å². The van der Waals surface area contributed by atoms with Crippen LogP contribution >= 0.6 is 0 Å². The number of ether oxygens (including phenoxy) is 1. The standard InChI is InChI=1S/C14H22N2O5S/c1-9-5-12(10(2)21-9)14(17)15-13-7-20-6-11(13)8-22(18,19)16(3)4/h5,11,13H,6-8H2,1-4H3,(H,15,17)/t11-,13-/m0/s1. The Morgan fingerprint density at radius 2 is 2.05 bits per heavy atom. The van der Waals surface area contributed by atoms with E-state index in [2.05, 4.69) is 5.32 Å². The third-order valence-corrected chi connectivity index (χ3v) is 5.74. The first-order valence-corrected chi connectivity index (χ1v) is 8.67. The Bertz CT molecular complexity index is 650. The van der Waals surface area contributed by atoms with Crippen LogP contribution in [0.25, 0.3) is 0 Å². The van der Waals surface area contributed by atoms with Crippen molar-refractivity contribution in [3.8, 4) is 0 Å². The van der Waals surface area contributed by atoms with Crippen molar-refractivity contribution in [3.63, 3.8) is 0 Å². The second kappa shape index (κ2) is 6.39. The van der Waals surface area contributed by atoms with Gasteiger partial charge in [-0.2, -0.15) is 0 Å². The quantitative estimate of drug-likeness (QED) is 0.851. The van der Waals surface area contributed by atoms with Gasteiger partial charge in [-0.15, -0.1) is 0 Å². The number of sulfonamides is 1. The first-order valence-electron chi connectivity index (χ1n) is 7.06. The highest BCUT2D eigenvalue weighted by Gasteiger charge is 2.34. The highest BCUT2D eigenvalue weighted by molar-refractivity contribution is 7.89. The molecule has 124 valence electrons. The lowest BCUT2D eigenvalue weighted by Crippen LogP contribution is -2.43. The normalized spacial score (nSPS) is 22.2. The lowest BCUT2D eigenvalue weighted by molar-refractivity contribution is 0.0924. The van der Waals surface area contributed by atoms with Crippen LogP contribution in [-0.4, -0.2) is 57.7 Å². The summed E-state index contributed by atoms with van der Waals surface area (Å²) in [7, 11) is -0.343. The van der Waals surface area contributed by atoms with Gasteiger partial charge in [0.2, 0.25) is 10.0 Å². The second-order valence-corrected chi connectivity index (χ2v) is 7.99. The Hall–Kier alpha value is -1.38. The van der Waals surface area contributed by atoms with E-state index >= 15 is 0 Å². The number of hydrogen-bond donors (Lipinski definition) is 1. The third kappa shape index (κ3) is 3.68. The Balaban J connectivity index is 2.05. The molecule has 0 radical (unpaired) electrons. The molecule has 7 nitrogen and oxygen atoms in total. The maximum absolute atomic E-state index is 12.3. The predicted octanol–water partition coefficient (Wildman–Crippen LogP) is 0.533. The third-order valence-electron chi connectivity index (χ3n) is 3.78. The highest BCUT2D eigenvalue weighted by Crippen LogP contribution is 2.19. The number of furan rings is 1. The zero-order valence-electron chi connectivity index (χ0n) is 13.3. The van der Waals surface area contributed by atoms with E-state index in [0.29, 0.717) is 30.3 Å². The van der Waals surface area contributed by atoms with Gasteiger partial charge in [0.25, 0.3) is 5.91 Å². The van der Waals surface area contributed by atoms with Crippen molar-refractivity contribution < 1.29 is 22.4 Å². The lowest BCUT2D eigenvalue weighted by Gasteiger charge is -2.20. The molecule has 2 atom stereocenters. The fraction of sp³-hybridized carbons (Fsp3) is 0.643. The van der Waals surface area contributed by atoms with Crippen LogP contribution in [0, 0.1) is 19.8 Å². The summed E-state index contributed by atoms with van der Waals surface area (Å²) >= 11 is 0. The summed E-state index contributed by atoms with van der Waals surface area (Å²) in [6.07, 6.45) is 0. The van der Waals surface area contributed by atoms with Crippen molar-refractivity contribution in [2.45, 2.75) is 19.9 Å². The summed E-state index contributed by atoms with van der Waals surface area (Å²) in [4.78, 5) is 12.3. The van der Waals surface area contributed by atoms with Crippen LogP contribution in [0.5, 0.6) is 0 Å². The van der Waals surface area contributed by atoms with Gasteiger partial charge in [-0.1, -0.05) is 0 Å². The van der Waals surface area contributed by atoms with Gasteiger partial charge in [-0.3, -0.25) is 4.79 Å². The number of aryl methyl sites for hydroxylation is 2. The molecule has 0 spiro atoms. The molecule has 0 saturated carbocycles. The van der Waals surface area contributed by atoms with Crippen LogP contribution in [0.3, 0.4) is 0 Å². The highest BCUT2D eigenvalue weighted by atomic mass is 32.2.